The van der Waals surface area contributed by atoms with Gasteiger partial charge < -0.3 is 14.2 Å². The van der Waals surface area contributed by atoms with E-state index in [9.17, 15) is 0 Å². The van der Waals surface area contributed by atoms with Crippen LogP contribution in [0.1, 0.15) is 43.2 Å². The molecule has 132 valence electrons. The van der Waals surface area contributed by atoms with Gasteiger partial charge in [-0.2, -0.15) is 0 Å². The Morgan fingerprint density at radius 1 is 1.00 bits per heavy atom. The lowest BCUT2D eigenvalue weighted by Crippen LogP contribution is -2.50. The summed E-state index contributed by atoms with van der Waals surface area (Å²) in [4.78, 5) is 2.75. The van der Waals surface area contributed by atoms with Crippen LogP contribution in [0.5, 0.6) is 11.5 Å². The third-order valence-corrected chi connectivity index (χ3v) is 6.65. The van der Waals surface area contributed by atoms with Crippen molar-refractivity contribution < 1.29 is 14.2 Å². The molecule has 4 rings (SSSR count). The average Bonchev–Trinajstić information content (AvgIpc) is 2.92. The van der Waals surface area contributed by atoms with Crippen LogP contribution in [0.3, 0.4) is 0 Å². The van der Waals surface area contributed by atoms with E-state index in [1.165, 1.54) is 49.9 Å². The number of hydrogen-bond donors (Lipinski definition) is 0. The monoisotopic (exact) mass is 331 g/mol. The highest BCUT2D eigenvalue weighted by Gasteiger charge is 2.54. The van der Waals surface area contributed by atoms with Crippen LogP contribution in [0, 0.1) is 5.92 Å². The molecule has 0 aromatic heterocycles. The zero-order chi connectivity index (χ0) is 16.7. The van der Waals surface area contributed by atoms with E-state index in [0.29, 0.717) is 6.10 Å². The largest absolute Gasteiger partial charge is 0.493 e. The fourth-order valence-electron chi connectivity index (χ4n) is 5.53. The maximum atomic E-state index is 5.82. The van der Waals surface area contributed by atoms with Gasteiger partial charge in [-0.25, -0.2) is 0 Å². The van der Waals surface area contributed by atoms with Crippen LogP contribution in [0.4, 0.5) is 0 Å². The summed E-state index contributed by atoms with van der Waals surface area (Å²) in [5.74, 6) is 2.45. The maximum Gasteiger partial charge on any atom is 0.161 e. The van der Waals surface area contributed by atoms with Gasteiger partial charge in [0.1, 0.15) is 0 Å². The lowest BCUT2D eigenvalue weighted by molar-refractivity contribution is -0.0281. The van der Waals surface area contributed by atoms with Gasteiger partial charge in [0.25, 0.3) is 0 Å². The van der Waals surface area contributed by atoms with Crippen molar-refractivity contribution >= 4 is 0 Å². The zero-order valence-electron chi connectivity index (χ0n) is 15.1. The maximum absolute atomic E-state index is 5.82. The molecule has 1 aliphatic carbocycles. The standard InChI is InChI=1S/C20H29NO3/c1-22-16-7-6-15-8-10-21-9-4-5-14-11-18(23-2)19(24-3)12-17(14)20(15,21)13-16/h11-12,15-16H,4-10,13H2,1-3H3. The van der Waals surface area contributed by atoms with Gasteiger partial charge in [0, 0.05) is 7.11 Å². The van der Waals surface area contributed by atoms with Crippen molar-refractivity contribution in [3.8, 4) is 11.5 Å². The molecule has 3 unspecified atom stereocenters. The van der Waals surface area contributed by atoms with Gasteiger partial charge in [0.05, 0.1) is 25.9 Å². The number of methoxy groups -OCH3 is 3. The van der Waals surface area contributed by atoms with Crippen LogP contribution in [0.15, 0.2) is 12.1 Å². The van der Waals surface area contributed by atoms with Gasteiger partial charge in [0.15, 0.2) is 11.5 Å². The molecule has 0 bridgehead atoms. The molecule has 2 heterocycles. The van der Waals surface area contributed by atoms with Crippen molar-refractivity contribution in [2.75, 3.05) is 34.4 Å². The topological polar surface area (TPSA) is 30.9 Å². The van der Waals surface area contributed by atoms with Crippen molar-refractivity contribution in [3.63, 3.8) is 0 Å². The Morgan fingerprint density at radius 2 is 1.79 bits per heavy atom. The van der Waals surface area contributed by atoms with Gasteiger partial charge in [0.2, 0.25) is 0 Å². The first-order valence-electron chi connectivity index (χ1n) is 9.26. The SMILES string of the molecule is COc1cc2c(cc1OC)C13CC(OC)CCC1CCN3CCC2. The number of aryl methyl sites for hydroxylation is 1. The van der Waals surface area contributed by atoms with Crippen LogP contribution >= 0.6 is 0 Å². The minimum absolute atomic E-state index is 0.129. The van der Waals surface area contributed by atoms with Gasteiger partial charge in [-0.15, -0.1) is 0 Å². The number of ether oxygens (including phenoxy) is 3. The number of nitrogens with zero attached hydrogens (tertiary/aromatic N) is 1. The van der Waals surface area contributed by atoms with Crippen LogP contribution in [-0.2, 0) is 16.7 Å². The minimum atomic E-state index is 0.129. The summed E-state index contributed by atoms with van der Waals surface area (Å²) in [6.45, 7) is 2.40. The lowest BCUT2D eigenvalue weighted by Gasteiger charge is -2.48. The molecule has 1 saturated heterocycles. The predicted octanol–water partition coefficient (Wildman–Crippen LogP) is 3.37. The van der Waals surface area contributed by atoms with Crippen LogP contribution in [0.2, 0.25) is 0 Å². The van der Waals surface area contributed by atoms with E-state index >= 15 is 0 Å². The Bertz CT molecular complexity index is 617. The summed E-state index contributed by atoms with van der Waals surface area (Å²) in [6.07, 6.45) is 7.58. The van der Waals surface area contributed by atoms with E-state index in [-0.39, 0.29) is 5.54 Å². The normalized spacial score (nSPS) is 32.5. The van der Waals surface area contributed by atoms with E-state index in [1.54, 1.807) is 14.2 Å². The molecule has 1 aromatic carbocycles. The predicted molar refractivity (Wildman–Crippen MR) is 93.9 cm³/mol. The lowest BCUT2D eigenvalue weighted by atomic mass is 9.67. The molecule has 1 aromatic rings. The van der Waals surface area contributed by atoms with Crippen molar-refractivity contribution in [2.24, 2.45) is 5.92 Å². The molecule has 4 heteroatoms. The Morgan fingerprint density at radius 3 is 2.54 bits per heavy atom. The first kappa shape index (κ1) is 16.2. The van der Waals surface area contributed by atoms with Crippen molar-refractivity contribution in [1.29, 1.82) is 0 Å². The quantitative estimate of drug-likeness (QED) is 0.850. The molecule has 24 heavy (non-hydrogen) atoms. The molecule has 0 N–H and O–H groups in total. The zero-order valence-corrected chi connectivity index (χ0v) is 15.1. The second kappa shape index (κ2) is 6.23. The average molecular weight is 331 g/mol. The molecule has 1 saturated carbocycles. The summed E-state index contributed by atoms with van der Waals surface area (Å²) in [5.41, 5.74) is 3.05. The highest BCUT2D eigenvalue weighted by atomic mass is 16.5. The second-order valence-corrected chi connectivity index (χ2v) is 7.50. The molecule has 0 radical (unpaired) electrons. The number of hydrogen-bond acceptors (Lipinski definition) is 4. The fourth-order valence-corrected chi connectivity index (χ4v) is 5.53. The van der Waals surface area contributed by atoms with Gasteiger partial charge in [-0.1, -0.05) is 0 Å². The summed E-state index contributed by atoms with van der Waals surface area (Å²) in [7, 11) is 5.33. The first-order valence-corrected chi connectivity index (χ1v) is 9.26. The Hall–Kier alpha value is -1.26. The molecule has 3 aliphatic rings. The Kier molecular flexibility index (Phi) is 4.21. The summed E-state index contributed by atoms with van der Waals surface area (Å²) in [5, 5.41) is 0. The van der Waals surface area contributed by atoms with E-state index in [2.05, 4.69) is 17.0 Å². The second-order valence-electron chi connectivity index (χ2n) is 7.50. The van der Waals surface area contributed by atoms with Crippen LogP contribution < -0.4 is 9.47 Å². The molecular formula is C20H29NO3. The van der Waals surface area contributed by atoms with E-state index in [1.807, 2.05) is 7.11 Å². The fraction of sp³-hybridized carbons (Fsp3) is 0.700. The minimum Gasteiger partial charge on any atom is -0.493 e. The third-order valence-electron chi connectivity index (χ3n) is 6.65. The number of fused-ring (bicyclic) bond motifs is 1. The molecule has 4 nitrogen and oxygen atoms in total. The van der Waals surface area contributed by atoms with Crippen LogP contribution in [-0.4, -0.2) is 45.4 Å². The van der Waals surface area contributed by atoms with Gasteiger partial charge in [-0.05, 0) is 80.8 Å². The van der Waals surface area contributed by atoms with E-state index in [0.717, 1.165) is 30.3 Å². The summed E-state index contributed by atoms with van der Waals surface area (Å²) in [6, 6.07) is 4.49. The molecule has 3 atom stereocenters. The van der Waals surface area contributed by atoms with Crippen LogP contribution in [0.25, 0.3) is 0 Å². The molecule has 1 spiro atoms. The van der Waals surface area contributed by atoms with E-state index < -0.39 is 0 Å². The number of rotatable bonds is 3. The Labute approximate surface area is 145 Å². The molecule has 0 amide bonds. The third kappa shape index (κ3) is 2.26. The smallest absolute Gasteiger partial charge is 0.161 e. The van der Waals surface area contributed by atoms with Crippen molar-refractivity contribution in [2.45, 2.75) is 50.2 Å². The van der Waals surface area contributed by atoms with Gasteiger partial charge >= 0.3 is 0 Å². The van der Waals surface area contributed by atoms with Crippen molar-refractivity contribution in [3.05, 3.63) is 23.3 Å². The molecule has 2 fully saturated rings. The first-order chi connectivity index (χ1) is 11.7. The van der Waals surface area contributed by atoms with E-state index in [4.69, 9.17) is 14.2 Å². The molecular weight excluding hydrogens is 302 g/mol. The van der Waals surface area contributed by atoms with Crippen molar-refractivity contribution in [1.82, 2.24) is 4.90 Å². The molecule has 2 aliphatic heterocycles. The Balaban J connectivity index is 1.88. The summed E-state index contributed by atoms with van der Waals surface area (Å²) >= 11 is 0. The highest BCUT2D eigenvalue weighted by Crippen LogP contribution is 2.55. The highest BCUT2D eigenvalue weighted by molar-refractivity contribution is 5.51. The van der Waals surface area contributed by atoms with Gasteiger partial charge in [-0.3, -0.25) is 4.90 Å². The summed E-state index contributed by atoms with van der Waals surface area (Å²) < 4.78 is 17.0. The number of benzene rings is 1.